The minimum absolute atomic E-state index is 0.0853. The molecule has 2 aromatic carbocycles. The van der Waals surface area contributed by atoms with Crippen molar-refractivity contribution >= 4 is 29.1 Å². The Hall–Kier alpha value is -3.39. The van der Waals surface area contributed by atoms with Crippen molar-refractivity contribution in [3.05, 3.63) is 82.5 Å². The van der Waals surface area contributed by atoms with Gasteiger partial charge in [-0.1, -0.05) is 23.7 Å². The Labute approximate surface area is 167 Å². The van der Waals surface area contributed by atoms with Crippen molar-refractivity contribution in [1.82, 2.24) is 4.98 Å². The molecule has 1 aliphatic rings. The number of hydrogen-bond donors (Lipinski definition) is 0. The lowest BCUT2D eigenvalue weighted by Gasteiger charge is -2.16. The molecule has 0 atom stereocenters. The van der Waals surface area contributed by atoms with Crippen LogP contribution in [-0.4, -0.2) is 16.8 Å². The predicted molar refractivity (Wildman–Crippen MR) is 98.3 cm³/mol. The number of carbonyl (C=O) groups excluding carboxylic acids is 2. The molecule has 0 spiro atoms. The highest BCUT2D eigenvalue weighted by molar-refractivity contribution is 6.36. The smallest absolute Gasteiger partial charge is 0.421 e. The van der Waals surface area contributed by atoms with Crippen molar-refractivity contribution in [3.63, 3.8) is 0 Å². The van der Waals surface area contributed by atoms with E-state index < -0.39 is 29.4 Å². The number of anilines is 1. The zero-order chi connectivity index (χ0) is 20.8. The van der Waals surface area contributed by atoms with E-state index in [0.29, 0.717) is 0 Å². The number of amides is 2. The van der Waals surface area contributed by atoms with Gasteiger partial charge in [0.1, 0.15) is 11.3 Å². The number of carbonyl (C=O) groups is 2. The van der Waals surface area contributed by atoms with E-state index in [1.54, 1.807) is 12.1 Å². The fraction of sp³-hybridized carbons (Fsp3) is 0.0500. The van der Waals surface area contributed by atoms with Crippen LogP contribution in [0.4, 0.5) is 18.9 Å². The summed E-state index contributed by atoms with van der Waals surface area (Å²) in [4.78, 5) is 29.7. The summed E-state index contributed by atoms with van der Waals surface area (Å²) >= 11 is 6.15. The van der Waals surface area contributed by atoms with Crippen molar-refractivity contribution in [3.8, 4) is 11.6 Å². The summed E-state index contributed by atoms with van der Waals surface area (Å²) in [5.74, 6) is -1.79. The highest BCUT2D eigenvalue weighted by atomic mass is 35.5. The maximum atomic E-state index is 13.1. The Bertz CT molecular complexity index is 1110. The van der Waals surface area contributed by atoms with Crippen LogP contribution in [-0.2, 0) is 6.18 Å². The topological polar surface area (TPSA) is 59.5 Å². The van der Waals surface area contributed by atoms with Gasteiger partial charge in [-0.25, -0.2) is 9.88 Å². The van der Waals surface area contributed by atoms with Crippen LogP contribution >= 0.6 is 11.6 Å². The van der Waals surface area contributed by atoms with Crippen molar-refractivity contribution < 1.29 is 27.5 Å². The maximum Gasteiger partial charge on any atom is 0.421 e. The number of imide groups is 1. The lowest BCUT2D eigenvalue weighted by atomic mass is 10.1. The predicted octanol–water partition coefficient (Wildman–Crippen LogP) is 5.35. The van der Waals surface area contributed by atoms with Crippen LogP contribution in [0, 0.1) is 0 Å². The molecule has 0 saturated heterocycles. The monoisotopic (exact) mass is 418 g/mol. The second-order valence-corrected chi connectivity index (χ2v) is 6.47. The molecule has 0 bridgehead atoms. The standard InChI is InChI=1S/C20H10ClF3N2O3/c21-15-10-11(26-18(27)12-4-1-2-5-13(12)19(26)28)7-8-16(15)29-17-14(20(22,23)24)6-3-9-25-17/h1-10H. The van der Waals surface area contributed by atoms with E-state index >= 15 is 0 Å². The van der Waals surface area contributed by atoms with Gasteiger partial charge in [0, 0.05) is 6.20 Å². The van der Waals surface area contributed by atoms with Gasteiger partial charge >= 0.3 is 6.18 Å². The SMILES string of the molecule is O=C1c2ccccc2C(=O)N1c1ccc(Oc2ncccc2C(F)(F)F)c(Cl)c1. The Morgan fingerprint density at radius 3 is 2.17 bits per heavy atom. The first-order chi connectivity index (χ1) is 13.8. The number of hydrogen-bond acceptors (Lipinski definition) is 4. The molecule has 0 aliphatic carbocycles. The summed E-state index contributed by atoms with van der Waals surface area (Å²) < 4.78 is 44.6. The first kappa shape index (κ1) is 18.9. The summed E-state index contributed by atoms with van der Waals surface area (Å²) in [6.07, 6.45) is -3.50. The number of rotatable bonds is 3. The van der Waals surface area contributed by atoms with Gasteiger partial charge in [-0.05, 0) is 42.5 Å². The number of nitrogens with zero attached hydrogens (tertiary/aromatic N) is 2. The van der Waals surface area contributed by atoms with Crippen molar-refractivity contribution in [2.45, 2.75) is 6.18 Å². The van der Waals surface area contributed by atoms with Crippen LogP contribution in [0.2, 0.25) is 5.02 Å². The van der Waals surface area contributed by atoms with Crippen LogP contribution in [0.15, 0.2) is 60.8 Å². The normalized spacial score (nSPS) is 13.6. The minimum atomic E-state index is -4.66. The first-order valence-corrected chi connectivity index (χ1v) is 8.62. The molecule has 2 heterocycles. The Morgan fingerprint density at radius 1 is 0.931 bits per heavy atom. The zero-order valence-corrected chi connectivity index (χ0v) is 15.2. The quantitative estimate of drug-likeness (QED) is 0.538. The summed E-state index contributed by atoms with van der Waals surface area (Å²) in [7, 11) is 0. The van der Waals surface area contributed by atoms with E-state index in [4.69, 9.17) is 16.3 Å². The molecule has 146 valence electrons. The lowest BCUT2D eigenvalue weighted by molar-refractivity contribution is -0.138. The fourth-order valence-corrected chi connectivity index (χ4v) is 3.14. The summed E-state index contributed by atoms with van der Waals surface area (Å²) in [6, 6.07) is 12.2. The highest BCUT2D eigenvalue weighted by Crippen LogP contribution is 2.39. The average molecular weight is 419 g/mol. The first-order valence-electron chi connectivity index (χ1n) is 8.25. The molecular formula is C20H10ClF3N2O3. The summed E-state index contributed by atoms with van der Waals surface area (Å²) in [5.41, 5.74) is -0.361. The summed E-state index contributed by atoms with van der Waals surface area (Å²) in [5, 5.41) is -0.0853. The van der Waals surface area contributed by atoms with Gasteiger partial charge in [-0.3, -0.25) is 9.59 Å². The number of pyridine rings is 1. The van der Waals surface area contributed by atoms with Gasteiger partial charge in [0.25, 0.3) is 11.8 Å². The molecule has 4 rings (SSSR count). The summed E-state index contributed by atoms with van der Waals surface area (Å²) in [6.45, 7) is 0. The van der Waals surface area contributed by atoms with Crippen molar-refractivity contribution in [2.75, 3.05) is 4.90 Å². The van der Waals surface area contributed by atoms with Gasteiger partial charge in [0.15, 0.2) is 0 Å². The molecule has 5 nitrogen and oxygen atoms in total. The molecule has 1 aromatic heterocycles. The minimum Gasteiger partial charge on any atom is -0.437 e. The van der Waals surface area contributed by atoms with Crippen LogP contribution in [0.25, 0.3) is 0 Å². The fourth-order valence-electron chi connectivity index (χ4n) is 2.93. The third kappa shape index (κ3) is 3.31. The number of fused-ring (bicyclic) bond motifs is 1. The molecule has 0 saturated carbocycles. The Balaban J connectivity index is 1.66. The van der Waals surface area contributed by atoms with Gasteiger partial charge in [-0.2, -0.15) is 13.2 Å². The average Bonchev–Trinajstić information content (AvgIpc) is 2.94. The second kappa shape index (κ2) is 6.89. The third-order valence-corrected chi connectivity index (χ3v) is 4.55. The molecule has 0 radical (unpaired) electrons. The van der Waals surface area contributed by atoms with E-state index in [-0.39, 0.29) is 27.6 Å². The van der Waals surface area contributed by atoms with Gasteiger partial charge in [0.05, 0.1) is 21.8 Å². The highest BCUT2D eigenvalue weighted by Gasteiger charge is 2.37. The second-order valence-electron chi connectivity index (χ2n) is 6.06. The van der Waals surface area contributed by atoms with Crippen LogP contribution in [0.5, 0.6) is 11.6 Å². The third-order valence-electron chi connectivity index (χ3n) is 4.25. The van der Waals surface area contributed by atoms with Crippen LogP contribution in [0.1, 0.15) is 26.3 Å². The Morgan fingerprint density at radius 2 is 1.59 bits per heavy atom. The number of alkyl halides is 3. The van der Waals surface area contributed by atoms with Gasteiger partial charge in [-0.15, -0.1) is 0 Å². The van der Waals surface area contributed by atoms with E-state index in [0.717, 1.165) is 23.2 Å². The maximum absolute atomic E-state index is 13.1. The Kier molecular flexibility index (Phi) is 4.50. The van der Waals surface area contributed by atoms with Gasteiger partial charge in [0.2, 0.25) is 5.88 Å². The van der Waals surface area contributed by atoms with Crippen LogP contribution in [0.3, 0.4) is 0 Å². The van der Waals surface area contributed by atoms with Crippen molar-refractivity contribution in [2.24, 2.45) is 0 Å². The molecular weight excluding hydrogens is 409 g/mol. The number of halogens is 4. The molecule has 2 amide bonds. The van der Waals surface area contributed by atoms with E-state index in [9.17, 15) is 22.8 Å². The zero-order valence-electron chi connectivity index (χ0n) is 14.4. The van der Waals surface area contributed by atoms with Gasteiger partial charge < -0.3 is 4.74 Å². The van der Waals surface area contributed by atoms with Crippen molar-refractivity contribution in [1.29, 1.82) is 0 Å². The molecule has 29 heavy (non-hydrogen) atoms. The molecule has 1 aliphatic heterocycles. The lowest BCUT2D eigenvalue weighted by Crippen LogP contribution is -2.29. The van der Waals surface area contributed by atoms with Crippen LogP contribution < -0.4 is 9.64 Å². The molecule has 0 N–H and O–H groups in total. The van der Waals surface area contributed by atoms with E-state index in [1.165, 1.54) is 30.3 Å². The van der Waals surface area contributed by atoms with E-state index in [2.05, 4.69) is 4.98 Å². The molecule has 0 fully saturated rings. The largest absolute Gasteiger partial charge is 0.437 e. The number of ether oxygens (including phenoxy) is 1. The molecule has 0 unspecified atom stereocenters. The number of aromatic nitrogens is 1. The number of benzene rings is 2. The molecule has 9 heteroatoms. The molecule has 3 aromatic rings. The van der Waals surface area contributed by atoms with E-state index in [1.807, 2.05) is 0 Å².